The normalized spacial score (nSPS) is 16.4. The van der Waals surface area contributed by atoms with E-state index in [2.05, 4.69) is 0 Å². The minimum atomic E-state index is -1.02. The maximum absolute atomic E-state index is 11.6. The number of phenols is 1. The van der Waals surface area contributed by atoms with Crippen LogP contribution in [0.25, 0.3) is 0 Å². The van der Waals surface area contributed by atoms with E-state index < -0.39 is 12.7 Å². The standard InChI is InChI=1S/C11H13NO5/c13-5-8(15)4-12-9-3-7(14)1-2-10(9)17-6-11(12)16/h1-3,8,13-15H,4-6H2. The van der Waals surface area contributed by atoms with Gasteiger partial charge in [0.15, 0.2) is 6.61 Å². The van der Waals surface area contributed by atoms with Crippen LogP contribution in [0.2, 0.25) is 0 Å². The van der Waals surface area contributed by atoms with Crippen molar-refractivity contribution in [3.63, 3.8) is 0 Å². The van der Waals surface area contributed by atoms with Crippen molar-refractivity contribution in [1.29, 1.82) is 0 Å². The van der Waals surface area contributed by atoms with Gasteiger partial charge in [-0.1, -0.05) is 0 Å². The van der Waals surface area contributed by atoms with Gasteiger partial charge in [-0.05, 0) is 12.1 Å². The Kier molecular flexibility index (Phi) is 3.16. The number of aromatic hydroxyl groups is 1. The molecule has 0 saturated carbocycles. The fraction of sp³-hybridized carbons (Fsp3) is 0.364. The molecule has 0 aliphatic carbocycles. The number of hydrogen-bond donors (Lipinski definition) is 3. The molecule has 0 spiro atoms. The van der Waals surface area contributed by atoms with Gasteiger partial charge >= 0.3 is 0 Å². The summed E-state index contributed by atoms with van der Waals surface area (Å²) < 4.78 is 5.19. The second-order valence-electron chi connectivity index (χ2n) is 3.78. The van der Waals surface area contributed by atoms with Crippen LogP contribution in [0.4, 0.5) is 5.69 Å². The lowest BCUT2D eigenvalue weighted by Gasteiger charge is -2.30. The Hall–Kier alpha value is -1.79. The molecule has 1 atom stereocenters. The van der Waals surface area contributed by atoms with Crippen molar-refractivity contribution in [3.8, 4) is 11.5 Å². The Morgan fingerprint density at radius 3 is 2.94 bits per heavy atom. The largest absolute Gasteiger partial charge is 0.508 e. The van der Waals surface area contributed by atoms with Crippen LogP contribution in [-0.2, 0) is 4.79 Å². The zero-order chi connectivity index (χ0) is 12.4. The molecule has 3 N–H and O–H groups in total. The zero-order valence-corrected chi connectivity index (χ0v) is 9.04. The summed E-state index contributed by atoms with van der Waals surface area (Å²) >= 11 is 0. The van der Waals surface area contributed by atoms with Crippen LogP contribution in [0.1, 0.15) is 0 Å². The highest BCUT2D eigenvalue weighted by Gasteiger charge is 2.27. The molecule has 0 fully saturated rings. The van der Waals surface area contributed by atoms with Crippen LogP contribution in [0, 0.1) is 0 Å². The third-order valence-electron chi connectivity index (χ3n) is 2.49. The van der Waals surface area contributed by atoms with E-state index in [9.17, 15) is 15.0 Å². The van der Waals surface area contributed by atoms with E-state index in [1.165, 1.54) is 17.0 Å². The molecular weight excluding hydrogens is 226 g/mol. The van der Waals surface area contributed by atoms with Gasteiger partial charge in [0.2, 0.25) is 0 Å². The highest BCUT2D eigenvalue weighted by Crippen LogP contribution is 2.34. The van der Waals surface area contributed by atoms with Crippen molar-refractivity contribution in [2.24, 2.45) is 0 Å². The maximum atomic E-state index is 11.6. The lowest BCUT2D eigenvalue weighted by molar-refractivity contribution is -0.121. The van der Waals surface area contributed by atoms with Gasteiger partial charge in [0, 0.05) is 6.07 Å². The molecule has 0 saturated heterocycles. The minimum absolute atomic E-state index is 0.00513. The maximum Gasteiger partial charge on any atom is 0.265 e. The van der Waals surface area contributed by atoms with Gasteiger partial charge < -0.3 is 25.0 Å². The van der Waals surface area contributed by atoms with E-state index in [0.29, 0.717) is 11.4 Å². The molecule has 0 radical (unpaired) electrons. The number of carbonyl (C=O) groups is 1. The van der Waals surface area contributed by atoms with E-state index in [4.69, 9.17) is 9.84 Å². The molecule has 1 aromatic rings. The summed E-state index contributed by atoms with van der Waals surface area (Å²) in [5.41, 5.74) is 0.397. The van der Waals surface area contributed by atoms with Gasteiger partial charge in [-0.3, -0.25) is 4.79 Å². The molecule has 1 aliphatic rings. The number of hydrogen-bond acceptors (Lipinski definition) is 5. The van der Waals surface area contributed by atoms with Gasteiger partial charge in [-0.2, -0.15) is 0 Å². The van der Waals surface area contributed by atoms with E-state index >= 15 is 0 Å². The third-order valence-corrected chi connectivity index (χ3v) is 2.49. The Morgan fingerprint density at radius 2 is 2.24 bits per heavy atom. The molecule has 0 bridgehead atoms. The molecule has 1 amide bonds. The predicted molar refractivity (Wildman–Crippen MR) is 59.0 cm³/mol. The minimum Gasteiger partial charge on any atom is -0.508 e. The molecule has 1 aromatic carbocycles. The van der Waals surface area contributed by atoms with Crippen LogP contribution in [-0.4, -0.2) is 47.1 Å². The first-order valence-corrected chi connectivity index (χ1v) is 5.17. The summed E-state index contributed by atoms with van der Waals surface area (Å²) in [6.45, 7) is -0.580. The molecule has 0 aromatic heterocycles. The van der Waals surface area contributed by atoms with E-state index in [0.717, 1.165) is 0 Å². The summed E-state index contributed by atoms with van der Waals surface area (Å²) in [4.78, 5) is 12.9. The molecule has 17 heavy (non-hydrogen) atoms. The number of anilines is 1. The van der Waals surface area contributed by atoms with Crippen LogP contribution < -0.4 is 9.64 Å². The Balaban J connectivity index is 2.32. The van der Waals surface area contributed by atoms with Crippen molar-refractivity contribution < 1.29 is 24.9 Å². The van der Waals surface area contributed by atoms with Crippen molar-refractivity contribution >= 4 is 11.6 Å². The average molecular weight is 239 g/mol. The van der Waals surface area contributed by atoms with Gasteiger partial charge in [0.05, 0.1) is 24.9 Å². The quantitative estimate of drug-likeness (QED) is 0.659. The smallest absolute Gasteiger partial charge is 0.265 e. The van der Waals surface area contributed by atoms with Crippen molar-refractivity contribution in [2.75, 3.05) is 24.7 Å². The molecular formula is C11H13NO5. The fourth-order valence-corrected chi connectivity index (χ4v) is 1.66. The lowest BCUT2D eigenvalue weighted by Crippen LogP contribution is -2.44. The molecule has 1 unspecified atom stereocenters. The summed E-state index contributed by atoms with van der Waals surface area (Å²) in [5, 5.41) is 27.5. The van der Waals surface area contributed by atoms with Crippen molar-refractivity contribution in [2.45, 2.75) is 6.10 Å². The predicted octanol–water partition coefficient (Wildman–Crippen LogP) is -0.529. The number of benzene rings is 1. The van der Waals surface area contributed by atoms with E-state index in [-0.39, 0.29) is 24.8 Å². The second-order valence-corrected chi connectivity index (χ2v) is 3.78. The van der Waals surface area contributed by atoms with E-state index in [1.54, 1.807) is 6.07 Å². The third kappa shape index (κ3) is 2.32. The molecule has 6 heteroatoms. The first-order chi connectivity index (χ1) is 8.11. The number of amides is 1. The highest BCUT2D eigenvalue weighted by molar-refractivity contribution is 5.98. The Labute approximate surface area is 97.7 Å². The number of rotatable bonds is 3. The number of carbonyl (C=O) groups excluding carboxylic acids is 1. The monoisotopic (exact) mass is 239 g/mol. The van der Waals surface area contributed by atoms with Gasteiger partial charge in [-0.25, -0.2) is 0 Å². The van der Waals surface area contributed by atoms with Gasteiger partial charge in [0.25, 0.3) is 5.91 Å². The fourth-order valence-electron chi connectivity index (χ4n) is 1.66. The molecule has 1 heterocycles. The first kappa shape index (κ1) is 11.7. The number of ether oxygens (including phenoxy) is 1. The summed E-state index contributed by atoms with van der Waals surface area (Å²) in [5.74, 6) is 0.147. The van der Waals surface area contributed by atoms with Crippen LogP contribution in [0.5, 0.6) is 11.5 Å². The van der Waals surface area contributed by atoms with Crippen LogP contribution in [0.3, 0.4) is 0 Å². The van der Waals surface area contributed by atoms with Crippen LogP contribution in [0.15, 0.2) is 18.2 Å². The molecule has 2 rings (SSSR count). The Morgan fingerprint density at radius 1 is 1.47 bits per heavy atom. The van der Waals surface area contributed by atoms with Crippen molar-refractivity contribution in [1.82, 2.24) is 0 Å². The van der Waals surface area contributed by atoms with Crippen LogP contribution >= 0.6 is 0 Å². The first-order valence-electron chi connectivity index (χ1n) is 5.17. The number of β-amino-alcohol motifs (C(OH)–C–C–N with tert-alkyl or cyclic N) is 1. The van der Waals surface area contributed by atoms with E-state index in [1.807, 2.05) is 0 Å². The lowest BCUT2D eigenvalue weighted by atomic mass is 10.2. The topological polar surface area (TPSA) is 90.2 Å². The molecule has 92 valence electrons. The average Bonchev–Trinajstić information content (AvgIpc) is 2.32. The number of fused-ring (bicyclic) bond motifs is 1. The number of phenolic OH excluding ortho intramolecular Hbond substituents is 1. The van der Waals surface area contributed by atoms with Gasteiger partial charge in [0.1, 0.15) is 11.5 Å². The number of aliphatic hydroxyl groups is 2. The zero-order valence-electron chi connectivity index (χ0n) is 9.04. The number of nitrogens with zero attached hydrogens (tertiary/aromatic N) is 1. The molecule has 1 aliphatic heterocycles. The summed E-state index contributed by atoms with van der Waals surface area (Å²) in [7, 11) is 0. The summed E-state index contributed by atoms with van der Waals surface area (Å²) in [6.07, 6.45) is -1.02. The van der Waals surface area contributed by atoms with Gasteiger partial charge in [-0.15, -0.1) is 0 Å². The second kappa shape index (κ2) is 4.60. The SMILES string of the molecule is O=C1COc2ccc(O)cc2N1CC(O)CO. The highest BCUT2D eigenvalue weighted by atomic mass is 16.5. The number of aliphatic hydroxyl groups excluding tert-OH is 2. The van der Waals surface area contributed by atoms with Crippen molar-refractivity contribution in [3.05, 3.63) is 18.2 Å². The molecule has 6 nitrogen and oxygen atoms in total. The Bertz CT molecular complexity index is 434. The summed E-state index contributed by atoms with van der Waals surface area (Å²) in [6, 6.07) is 4.39.